The molecule has 6 nitrogen and oxygen atoms in total. The Morgan fingerprint density at radius 2 is 2.35 bits per heavy atom. The molecule has 2 aromatic rings. The van der Waals surface area contributed by atoms with Crippen LogP contribution in [0.4, 0.5) is 0 Å². The first-order valence-electron chi connectivity index (χ1n) is 7.75. The first-order valence-corrected chi connectivity index (χ1v) is 8.75. The minimum atomic E-state index is -2.66. The van der Waals surface area contributed by atoms with Crippen molar-refractivity contribution >= 4 is 22.3 Å². The lowest BCUT2D eigenvalue weighted by atomic mass is 9.99. The second kappa shape index (κ2) is 6.33. The average molecular weight is 336 g/mol. The molecule has 1 aliphatic rings. The molecule has 126 valence electrons. The van der Waals surface area contributed by atoms with E-state index in [4.69, 9.17) is 9.92 Å². The van der Waals surface area contributed by atoms with Crippen LogP contribution >= 0.6 is 0 Å². The number of hydrogen-bond donors (Lipinski definition) is 2. The zero-order valence-corrected chi connectivity index (χ0v) is 14.2. The summed E-state index contributed by atoms with van der Waals surface area (Å²) in [6, 6.07) is 6.17. The summed E-state index contributed by atoms with van der Waals surface area (Å²) in [6.45, 7) is 2.68. The standard InChI is InChI=1S/C16H23N3O3S/c1-16(17,22-23(20)21)12-5-6-15-14(9-12)11(10-18-15)8-13-4-3-7-19(13)2/h5-6,9-10,13,18H,3-4,7-8,17H2,1-2H3,(H,20,21)/p-1/t13-,16-/m1/s1. The number of fused-ring (bicyclic) bond motifs is 1. The predicted octanol–water partition coefficient (Wildman–Crippen LogP) is 1.75. The van der Waals surface area contributed by atoms with E-state index in [1.54, 1.807) is 13.0 Å². The highest BCUT2D eigenvalue weighted by atomic mass is 32.2. The Kier molecular flexibility index (Phi) is 4.57. The van der Waals surface area contributed by atoms with E-state index < -0.39 is 17.1 Å². The maximum absolute atomic E-state index is 10.8. The number of aromatic nitrogens is 1. The van der Waals surface area contributed by atoms with Gasteiger partial charge >= 0.3 is 0 Å². The molecule has 0 amide bonds. The van der Waals surface area contributed by atoms with E-state index in [1.165, 1.54) is 18.4 Å². The van der Waals surface area contributed by atoms with Crippen LogP contribution in [0.3, 0.4) is 0 Å². The number of benzene rings is 1. The third-order valence-electron chi connectivity index (χ3n) is 4.71. The minimum absolute atomic E-state index is 0.548. The summed E-state index contributed by atoms with van der Waals surface area (Å²) in [6.07, 6.45) is 5.44. The van der Waals surface area contributed by atoms with Crippen LogP contribution < -0.4 is 5.73 Å². The molecule has 0 saturated carbocycles. The minimum Gasteiger partial charge on any atom is -0.750 e. The number of hydrogen-bond acceptors (Lipinski definition) is 5. The number of likely N-dealkylation sites (N-methyl/N-ethyl adjacent to an activating group) is 1. The van der Waals surface area contributed by atoms with Crippen molar-refractivity contribution in [1.82, 2.24) is 9.88 Å². The highest BCUT2D eigenvalue weighted by Crippen LogP contribution is 2.29. The third kappa shape index (κ3) is 3.49. The maximum atomic E-state index is 10.8. The number of rotatable bonds is 5. The summed E-state index contributed by atoms with van der Waals surface area (Å²) in [5.74, 6) is 0. The monoisotopic (exact) mass is 336 g/mol. The number of likely N-dealkylation sites (tertiary alicyclic amines) is 1. The lowest BCUT2D eigenvalue weighted by Gasteiger charge is -2.26. The Morgan fingerprint density at radius 1 is 1.57 bits per heavy atom. The van der Waals surface area contributed by atoms with Crippen LogP contribution in [0.2, 0.25) is 0 Å². The van der Waals surface area contributed by atoms with E-state index in [9.17, 15) is 8.76 Å². The van der Waals surface area contributed by atoms with Crippen molar-refractivity contribution in [2.24, 2.45) is 5.73 Å². The van der Waals surface area contributed by atoms with Crippen LogP contribution in [0.25, 0.3) is 10.9 Å². The molecule has 0 bridgehead atoms. The van der Waals surface area contributed by atoms with Crippen molar-refractivity contribution in [3.63, 3.8) is 0 Å². The molecule has 2 heterocycles. The van der Waals surface area contributed by atoms with Gasteiger partial charge in [-0.2, -0.15) is 0 Å². The van der Waals surface area contributed by atoms with Crippen LogP contribution in [0.5, 0.6) is 0 Å². The highest BCUT2D eigenvalue weighted by Gasteiger charge is 2.25. The van der Waals surface area contributed by atoms with Gasteiger partial charge in [0.05, 0.1) is 11.4 Å². The molecule has 1 saturated heterocycles. The van der Waals surface area contributed by atoms with Gasteiger partial charge in [0, 0.05) is 23.1 Å². The Morgan fingerprint density at radius 3 is 3.00 bits per heavy atom. The summed E-state index contributed by atoms with van der Waals surface area (Å²) in [7, 11) is 2.16. The van der Waals surface area contributed by atoms with Crippen molar-refractivity contribution in [3.8, 4) is 0 Å². The molecule has 0 aliphatic carbocycles. The molecule has 1 aromatic carbocycles. The maximum Gasteiger partial charge on any atom is 0.155 e. The smallest absolute Gasteiger partial charge is 0.155 e. The molecule has 3 rings (SSSR count). The zero-order chi connectivity index (χ0) is 16.6. The summed E-state index contributed by atoms with van der Waals surface area (Å²) in [4.78, 5) is 5.66. The Labute approximate surface area is 138 Å². The van der Waals surface area contributed by atoms with E-state index in [2.05, 4.69) is 16.9 Å². The second-order valence-corrected chi connectivity index (χ2v) is 7.02. The molecule has 3 N–H and O–H groups in total. The number of nitrogens with zero attached hydrogens (tertiary/aromatic N) is 1. The number of H-pyrrole nitrogens is 1. The topological polar surface area (TPSA) is 94.4 Å². The van der Waals surface area contributed by atoms with Gasteiger partial charge in [0.15, 0.2) is 5.72 Å². The molecule has 23 heavy (non-hydrogen) atoms. The molecule has 1 fully saturated rings. The van der Waals surface area contributed by atoms with Crippen LogP contribution in [0, 0.1) is 0 Å². The molecular formula is C16H22N3O3S-. The molecule has 1 aromatic heterocycles. The summed E-state index contributed by atoms with van der Waals surface area (Å²) in [5, 5.41) is 1.07. The highest BCUT2D eigenvalue weighted by molar-refractivity contribution is 7.74. The SMILES string of the molecule is CN1CCC[C@@H]1Cc1c[nH]c2ccc([C@](C)(N)OS(=O)[O-])cc12. The summed E-state index contributed by atoms with van der Waals surface area (Å²) in [5.41, 5.74) is 7.50. The fourth-order valence-corrected chi connectivity index (χ4v) is 3.72. The molecule has 0 spiro atoms. The molecule has 1 aliphatic heterocycles. The van der Waals surface area contributed by atoms with E-state index in [-0.39, 0.29) is 0 Å². The van der Waals surface area contributed by atoms with Gasteiger partial charge in [0.1, 0.15) is 0 Å². The van der Waals surface area contributed by atoms with Crippen LogP contribution in [0.1, 0.15) is 30.9 Å². The van der Waals surface area contributed by atoms with Gasteiger partial charge in [0.25, 0.3) is 0 Å². The van der Waals surface area contributed by atoms with Gasteiger partial charge in [-0.25, -0.2) is 4.21 Å². The van der Waals surface area contributed by atoms with E-state index in [0.29, 0.717) is 11.6 Å². The van der Waals surface area contributed by atoms with Gasteiger partial charge in [-0.1, -0.05) is 6.07 Å². The van der Waals surface area contributed by atoms with Gasteiger partial charge in [-0.3, -0.25) is 9.92 Å². The van der Waals surface area contributed by atoms with Crippen LogP contribution in [-0.4, -0.2) is 38.3 Å². The summed E-state index contributed by atoms with van der Waals surface area (Å²) >= 11 is -2.66. The molecule has 1 unspecified atom stereocenters. The fraction of sp³-hybridized carbons (Fsp3) is 0.500. The molecular weight excluding hydrogens is 314 g/mol. The fourth-order valence-electron chi connectivity index (χ4n) is 3.34. The normalized spacial score (nSPS) is 23.2. The lowest BCUT2D eigenvalue weighted by Crippen LogP contribution is -2.36. The molecule has 3 atom stereocenters. The van der Waals surface area contributed by atoms with Crippen molar-refractivity contribution in [2.45, 2.75) is 38.0 Å². The largest absolute Gasteiger partial charge is 0.750 e. The van der Waals surface area contributed by atoms with Gasteiger partial charge < -0.3 is 14.4 Å². The van der Waals surface area contributed by atoms with Crippen molar-refractivity contribution in [2.75, 3.05) is 13.6 Å². The van der Waals surface area contributed by atoms with Crippen molar-refractivity contribution < 1.29 is 12.9 Å². The Balaban J connectivity index is 1.92. The Hall–Kier alpha value is -1.25. The first kappa shape index (κ1) is 16.6. The van der Waals surface area contributed by atoms with E-state index in [1.807, 2.05) is 18.3 Å². The van der Waals surface area contributed by atoms with Gasteiger partial charge in [0.2, 0.25) is 0 Å². The predicted molar refractivity (Wildman–Crippen MR) is 89.2 cm³/mol. The van der Waals surface area contributed by atoms with Gasteiger partial charge in [-0.05, 0) is 63.0 Å². The van der Waals surface area contributed by atoms with Crippen molar-refractivity contribution in [1.29, 1.82) is 0 Å². The number of nitrogens with two attached hydrogens (primary N) is 1. The van der Waals surface area contributed by atoms with Crippen LogP contribution in [0.15, 0.2) is 24.4 Å². The lowest BCUT2D eigenvalue weighted by molar-refractivity contribution is 0.0987. The third-order valence-corrected chi connectivity index (χ3v) is 5.19. The Bertz CT molecular complexity index is 728. The van der Waals surface area contributed by atoms with E-state index in [0.717, 1.165) is 23.9 Å². The molecule has 7 heteroatoms. The first-order chi connectivity index (χ1) is 10.9. The zero-order valence-electron chi connectivity index (χ0n) is 13.4. The van der Waals surface area contributed by atoms with Crippen LogP contribution in [-0.2, 0) is 27.7 Å². The quantitative estimate of drug-likeness (QED) is 0.641. The average Bonchev–Trinajstić information content (AvgIpc) is 3.05. The number of aromatic amines is 1. The van der Waals surface area contributed by atoms with Gasteiger partial charge in [-0.15, -0.1) is 0 Å². The summed E-state index contributed by atoms with van der Waals surface area (Å²) < 4.78 is 26.5. The second-order valence-electron chi connectivity index (χ2n) is 6.45. The number of nitrogens with one attached hydrogen (secondary N) is 1. The van der Waals surface area contributed by atoms with Crippen molar-refractivity contribution in [3.05, 3.63) is 35.5 Å². The van der Waals surface area contributed by atoms with E-state index >= 15 is 0 Å². The molecule has 0 radical (unpaired) electrons.